The lowest BCUT2D eigenvalue weighted by Gasteiger charge is -2.09. The summed E-state index contributed by atoms with van der Waals surface area (Å²) in [4.78, 5) is 11.5. The standard InChI is InChI=1S/C13H20N2O3/c1-3-10-4-5-11(8-12(10)14)15-13(16)9-18-7-6-17-2/h4-5,8H,3,6-7,9,14H2,1-2H3,(H,15,16). The molecule has 1 aromatic rings. The van der Waals surface area contributed by atoms with Crippen LogP contribution in [0, 0.1) is 0 Å². The van der Waals surface area contributed by atoms with Gasteiger partial charge >= 0.3 is 0 Å². The number of carbonyl (C=O) groups excluding carboxylic acids is 1. The van der Waals surface area contributed by atoms with Crippen molar-refractivity contribution in [2.45, 2.75) is 13.3 Å². The number of amides is 1. The number of hydrogen-bond donors (Lipinski definition) is 2. The van der Waals surface area contributed by atoms with Gasteiger partial charge in [-0.2, -0.15) is 0 Å². The summed E-state index contributed by atoms with van der Waals surface area (Å²) in [5.41, 5.74) is 8.30. The smallest absolute Gasteiger partial charge is 0.250 e. The maximum atomic E-state index is 11.5. The van der Waals surface area contributed by atoms with E-state index in [1.165, 1.54) is 0 Å². The first-order chi connectivity index (χ1) is 8.67. The lowest BCUT2D eigenvalue weighted by Crippen LogP contribution is -2.19. The second kappa shape index (κ2) is 7.68. The second-order valence-corrected chi connectivity index (χ2v) is 3.86. The summed E-state index contributed by atoms with van der Waals surface area (Å²) >= 11 is 0. The largest absolute Gasteiger partial charge is 0.398 e. The zero-order valence-corrected chi connectivity index (χ0v) is 10.9. The molecule has 0 aliphatic heterocycles. The van der Waals surface area contributed by atoms with Crippen molar-refractivity contribution in [1.82, 2.24) is 0 Å². The highest BCUT2D eigenvalue weighted by Gasteiger charge is 2.04. The number of anilines is 2. The van der Waals surface area contributed by atoms with Gasteiger partial charge in [0.2, 0.25) is 5.91 Å². The molecule has 0 fully saturated rings. The van der Waals surface area contributed by atoms with Crippen LogP contribution < -0.4 is 11.1 Å². The molecule has 1 aromatic carbocycles. The van der Waals surface area contributed by atoms with Crippen molar-refractivity contribution in [3.8, 4) is 0 Å². The van der Waals surface area contributed by atoms with Gasteiger partial charge in [-0.25, -0.2) is 0 Å². The van der Waals surface area contributed by atoms with E-state index in [2.05, 4.69) is 5.32 Å². The molecular formula is C13H20N2O3. The minimum atomic E-state index is -0.199. The van der Waals surface area contributed by atoms with Crippen molar-refractivity contribution in [3.05, 3.63) is 23.8 Å². The number of ether oxygens (including phenoxy) is 2. The van der Waals surface area contributed by atoms with Crippen LogP contribution in [-0.4, -0.2) is 32.8 Å². The van der Waals surface area contributed by atoms with Crippen LogP contribution in [0.25, 0.3) is 0 Å². The number of rotatable bonds is 7. The monoisotopic (exact) mass is 252 g/mol. The third-order valence-corrected chi connectivity index (χ3v) is 2.48. The first kappa shape index (κ1) is 14.5. The number of aryl methyl sites for hydroxylation is 1. The van der Waals surface area contributed by atoms with Gasteiger partial charge in [0.1, 0.15) is 6.61 Å². The van der Waals surface area contributed by atoms with Crippen LogP contribution in [0.4, 0.5) is 11.4 Å². The summed E-state index contributed by atoms with van der Waals surface area (Å²) in [5.74, 6) is -0.199. The van der Waals surface area contributed by atoms with E-state index in [4.69, 9.17) is 15.2 Å². The molecule has 1 amide bonds. The van der Waals surface area contributed by atoms with E-state index in [9.17, 15) is 4.79 Å². The summed E-state index contributed by atoms with van der Waals surface area (Å²) in [5, 5.41) is 2.73. The van der Waals surface area contributed by atoms with Gasteiger partial charge in [-0.1, -0.05) is 13.0 Å². The van der Waals surface area contributed by atoms with Gasteiger partial charge in [-0.3, -0.25) is 4.79 Å². The highest BCUT2D eigenvalue weighted by Crippen LogP contribution is 2.18. The molecule has 0 unspecified atom stereocenters. The zero-order chi connectivity index (χ0) is 13.4. The molecule has 0 heterocycles. The van der Waals surface area contributed by atoms with E-state index >= 15 is 0 Å². The van der Waals surface area contributed by atoms with Gasteiger partial charge < -0.3 is 20.5 Å². The molecule has 0 bridgehead atoms. The van der Waals surface area contributed by atoms with Gasteiger partial charge in [-0.15, -0.1) is 0 Å². The third-order valence-electron chi connectivity index (χ3n) is 2.48. The normalized spacial score (nSPS) is 10.3. The Labute approximate surface area is 107 Å². The molecule has 0 aliphatic carbocycles. The van der Waals surface area contributed by atoms with E-state index < -0.39 is 0 Å². The van der Waals surface area contributed by atoms with Crippen molar-refractivity contribution >= 4 is 17.3 Å². The maximum absolute atomic E-state index is 11.5. The molecule has 0 atom stereocenters. The van der Waals surface area contributed by atoms with E-state index in [-0.39, 0.29) is 12.5 Å². The molecule has 1 rings (SSSR count). The highest BCUT2D eigenvalue weighted by atomic mass is 16.5. The summed E-state index contributed by atoms with van der Waals surface area (Å²) < 4.78 is 9.92. The lowest BCUT2D eigenvalue weighted by molar-refractivity contribution is -0.121. The van der Waals surface area contributed by atoms with Crippen LogP contribution in [0.15, 0.2) is 18.2 Å². The summed E-state index contributed by atoms with van der Waals surface area (Å²) in [7, 11) is 1.58. The van der Waals surface area contributed by atoms with Gasteiger partial charge in [0.05, 0.1) is 13.2 Å². The Morgan fingerprint density at radius 1 is 1.39 bits per heavy atom. The van der Waals surface area contributed by atoms with Crippen molar-refractivity contribution in [2.75, 3.05) is 38.0 Å². The molecule has 5 nitrogen and oxygen atoms in total. The van der Waals surface area contributed by atoms with E-state index in [1.807, 2.05) is 19.1 Å². The molecule has 0 saturated carbocycles. The van der Waals surface area contributed by atoms with Crippen molar-refractivity contribution < 1.29 is 14.3 Å². The number of benzene rings is 1. The van der Waals surface area contributed by atoms with Gasteiger partial charge in [-0.05, 0) is 24.1 Å². The molecule has 0 saturated heterocycles. The van der Waals surface area contributed by atoms with Crippen LogP contribution in [0.5, 0.6) is 0 Å². The Morgan fingerprint density at radius 3 is 2.78 bits per heavy atom. The molecule has 100 valence electrons. The third kappa shape index (κ3) is 4.73. The van der Waals surface area contributed by atoms with Crippen molar-refractivity contribution in [2.24, 2.45) is 0 Å². The summed E-state index contributed by atoms with van der Waals surface area (Å²) in [6, 6.07) is 5.50. The summed E-state index contributed by atoms with van der Waals surface area (Å²) in [6.07, 6.45) is 0.875. The predicted octanol–water partition coefficient (Wildman–Crippen LogP) is 1.43. The van der Waals surface area contributed by atoms with Crippen molar-refractivity contribution in [1.29, 1.82) is 0 Å². The Bertz CT molecular complexity index is 394. The van der Waals surface area contributed by atoms with E-state index in [0.29, 0.717) is 24.6 Å². The van der Waals surface area contributed by atoms with Crippen LogP contribution in [0.3, 0.4) is 0 Å². The van der Waals surface area contributed by atoms with Crippen LogP contribution in [-0.2, 0) is 20.7 Å². The molecule has 0 radical (unpaired) electrons. The molecule has 0 aromatic heterocycles. The summed E-state index contributed by atoms with van der Waals surface area (Å²) in [6.45, 7) is 2.93. The SMILES string of the molecule is CCc1ccc(NC(=O)COCCOC)cc1N. The van der Waals surface area contributed by atoms with Crippen LogP contribution >= 0.6 is 0 Å². The molecule has 0 aliphatic rings. The van der Waals surface area contributed by atoms with Gasteiger partial charge in [0, 0.05) is 18.5 Å². The number of hydrogen-bond acceptors (Lipinski definition) is 4. The average Bonchev–Trinajstić information content (AvgIpc) is 2.35. The Balaban J connectivity index is 2.42. The molecule has 5 heteroatoms. The fraction of sp³-hybridized carbons (Fsp3) is 0.462. The molecular weight excluding hydrogens is 232 g/mol. The number of carbonyl (C=O) groups is 1. The van der Waals surface area contributed by atoms with E-state index in [1.54, 1.807) is 13.2 Å². The van der Waals surface area contributed by atoms with Gasteiger partial charge in [0.15, 0.2) is 0 Å². The molecule has 0 spiro atoms. The number of nitrogen functional groups attached to an aromatic ring is 1. The van der Waals surface area contributed by atoms with Crippen LogP contribution in [0.2, 0.25) is 0 Å². The Hall–Kier alpha value is -1.59. The fourth-order valence-corrected chi connectivity index (χ4v) is 1.50. The van der Waals surface area contributed by atoms with Crippen molar-refractivity contribution in [3.63, 3.8) is 0 Å². The zero-order valence-electron chi connectivity index (χ0n) is 10.9. The minimum absolute atomic E-state index is 0.0127. The minimum Gasteiger partial charge on any atom is -0.398 e. The van der Waals surface area contributed by atoms with Crippen LogP contribution in [0.1, 0.15) is 12.5 Å². The molecule has 3 N–H and O–H groups in total. The number of methoxy groups -OCH3 is 1. The first-order valence-corrected chi connectivity index (χ1v) is 5.92. The average molecular weight is 252 g/mol. The fourth-order valence-electron chi connectivity index (χ4n) is 1.50. The number of nitrogens with one attached hydrogen (secondary N) is 1. The number of nitrogens with two attached hydrogens (primary N) is 1. The topological polar surface area (TPSA) is 73.6 Å². The lowest BCUT2D eigenvalue weighted by atomic mass is 10.1. The highest BCUT2D eigenvalue weighted by molar-refractivity contribution is 5.92. The van der Waals surface area contributed by atoms with Gasteiger partial charge in [0.25, 0.3) is 0 Å². The quantitative estimate of drug-likeness (QED) is 0.569. The predicted molar refractivity (Wildman–Crippen MR) is 71.6 cm³/mol. The Kier molecular flexibility index (Phi) is 6.18. The Morgan fingerprint density at radius 2 is 2.17 bits per heavy atom. The maximum Gasteiger partial charge on any atom is 0.250 e. The van der Waals surface area contributed by atoms with E-state index in [0.717, 1.165) is 12.0 Å². The molecule has 18 heavy (non-hydrogen) atoms. The first-order valence-electron chi connectivity index (χ1n) is 5.92. The second-order valence-electron chi connectivity index (χ2n) is 3.86.